The number of nitrogens with two attached hydrogens (primary N) is 1. The van der Waals surface area contributed by atoms with Crippen molar-refractivity contribution in [2.45, 2.75) is 26.8 Å². The molecule has 0 spiro atoms. The molecule has 1 heterocycles. The van der Waals surface area contributed by atoms with Gasteiger partial charge in [-0.25, -0.2) is 4.98 Å². The number of rotatable bonds is 4. The average molecular weight is 262 g/mol. The molecule has 0 radical (unpaired) electrons. The predicted molar refractivity (Wildman–Crippen MR) is 76.1 cm³/mol. The van der Waals surface area contributed by atoms with E-state index in [-0.39, 0.29) is 0 Å². The number of methoxy groups -OCH3 is 1. The van der Waals surface area contributed by atoms with Crippen LogP contribution < -0.4 is 10.5 Å². The van der Waals surface area contributed by atoms with Crippen molar-refractivity contribution in [2.24, 2.45) is 5.73 Å². The lowest BCUT2D eigenvalue weighted by Gasteiger charge is -2.09. The van der Waals surface area contributed by atoms with Gasteiger partial charge in [0.1, 0.15) is 5.75 Å². The molecule has 0 saturated heterocycles. The normalized spacial score (nSPS) is 10.7. The highest BCUT2D eigenvalue weighted by atomic mass is 32.1. The van der Waals surface area contributed by atoms with Gasteiger partial charge in [-0.2, -0.15) is 0 Å². The van der Waals surface area contributed by atoms with E-state index in [1.54, 1.807) is 18.4 Å². The summed E-state index contributed by atoms with van der Waals surface area (Å²) in [7, 11) is 1.69. The number of hydrogen-bond acceptors (Lipinski definition) is 4. The van der Waals surface area contributed by atoms with Crippen LogP contribution in [0.1, 0.15) is 23.2 Å². The Morgan fingerprint density at radius 3 is 2.78 bits per heavy atom. The molecule has 2 rings (SSSR count). The van der Waals surface area contributed by atoms with Gasteiger partial charge in [-0.05, 0) is 31.0 Å². The molecule has 0 saturated carbocycles. The lowest BCUT2D eigenvalue weighted by molar-refractivity contribution is 0.416. The van der Waals surface area contributed by atoms with Gasteiger partial charge in [0, 0.05) is 12.1 Å². The van der Waals surface area contributed by atoms with E-state index >= 15 is 0 Å². The zero-order valence-corrected chi connectivity index (χ0v) is 11.8. The summed E-state index contributed by atoms with van der Waals surface area (Å²) >= 11 is 1.67. The molecular weight excluding hydrogens is 244 g/mol. The van der Waals surface area contributed by atoms with Crippen molar-refractivity contribution in [2.75, 3.05) is 7.11 Å². The number of hydrogen-bond donors (Lipinski definition) is 1. The summed E-state index contributed by atoms with van der Waals surface area (Å²) in [5.41, 5.74) is 9.11. The van der Waals surface area contributed by atoms with Crippen molar-refractivity contribution >= 4 is 11.3 Å². The van der Waals surface area contributed by atoms with Crippen LogP contribution in [0, 0.1) is 6.92 Å². The van der Waals surface area contributed by atoms with Crippen molar-refractivity contribution in [1.82, 2.24) is 4.98 Å². The summed E-state index contributed by atoms with van der Waals surface area (Å²) in [6, 6.07) is 6.28. The highest BCUT2D eigenvalue weighted by molar-refractivity contribution is 7.15. The van der Waals surface area contributed by atoms with Gasteiger partial charge in [0.15, 0.2) is 0 Å². The zero-order chi connectivity index (χ0) is 13.1. The molecule has 1 aromatic carbocycles. The second-order valence-electron chi connectivity index (χ2n) is 4.10. The molecule has 0 bridgehead atoms. The van der Waals surface area contributed by atoms with Crippen molar-refractivity contribution in [3.8, 4) is 16.2 Å². The highest BCUT2D eigenvalue weighted by Gasteiger charge is 2.14. The number of ether oxygens (including phenoxy) is 1. The Hall–Kier alpha value is -1.39. The second-order valence-corrected chi connectivity index (χ2v) is 5.30. The lowest BCUT2D eigenvalue weighted by Crippen LogP contribution is -1.99. The summed E-state index contributed by atoms with van der Waals surface area (Å²) in [4.78, 5) is 5.60. The minimum absolute atomic E-state index is 0.458. The maximum atomic E-state index is 5.77. The second kappa shape index (κ2) is 5.50. The molecule has 2 N–H and O–H groups in total. The Labute approximate surface area is 112 Å². The van der Waals surface area contributed by atoms with Crippen LogP contribution in [0.15, 0.2) is 18.2 Å². The van der Waals surface area contributed by atoms with E-state index in [0.717, 1.165) is 33.3 Å². The molecule has 0 atom stereocenters. The topological polar surface area (TPSA) is 48.1 Å². The average Bonchev–Trinajstić information content (AvgIpc) is 2.79. The third-order valence-corrected chi connectivity index (χ3v) is 3.96. The first-order valence-corrected chi connectivity index (χ1v) is 6.84. The van der Waals surface area contributed by atoms with Crippen LogP contribution in [0.25, 0.3) is 10.4 Å². The Kier molecular flexibility index (Phi) is 3.99. The fraction of sp³-hybridized carbons (Fsp3) is 0.357. The minimum Gasteiger partial charge on any atom is -0.496 e. The summed E-state index contributed by atoms with van der Waals surface area (Å²) < 4.78 is 5.45. The van der Waals surface area contributed by atoms with Crippen LogP contribution in [0.5, 0.6) is 5.75 Å². The maximum Gasteiger partial charge on any atom is 0.127 e. The Morgan fingerprint density at radius 1 is 1.39 bits per heavy atom. The lowest BCUT2D eigenvalue weighted by atomic mass is 10.1. The van der Waals surface area contributed by atoms with Crippen molar-refractivity contribution in [3.63, 3.8) is 0 Å². The molecule has 1 aromatic heterocycles. The van der Waals surface area contributed by atoms with E-state index in [4.69, 9.17) is 10.5 Å². The third kappa shape index (κ3) is 2.40. The summed E-state index contributed by atoms with van der Waals surface area (Å²) in [5, 5.41) is 1.04. The number of thiazole rings is 1. The molecular formula is C14H18N2OS. The first kappa shape index (κ1) is 13.1. The van der Waals surface area contributed by atoms with Crippen LogP contribution in [0.2, 0.25) is 0 Å². The first-order chi connectivity index (χ1) is 8.69. The van der Waals surface area contributed by atoms with Gasteiger partial charge in [-0.15, -0.1) is 11.3 Å². The van der Waals surface area contributed by atoms with E-state index in [9.17, 15) is 0 Å². The van der Waals surface area contributed by atoms with E-state index in [0.29, 0.717) is 6.54 Å². The Morgan fingerprint density at radius 2 is 2.17 bits per heavy atom. The fourth-order valence-corrected chi connectivity index (χ4v) is 2.94. The van der Waals surface area contributed by atoms with Gasteiger partial charge in [0.05, 0.1) is 22.7 Å². The van der Waals surface area contributed by atoms with Gasteiger partial charge >= 0.3 is 0 Å². The van der Waals surface area contributed by atoms with Crippen molar-refractivity contribution in [1.29, 1.82) is 0 Å². The molecule has 0 aliphatic carbocycles. The quantitative estimate of drug-likeness (QED) is 0.920. The molecule has 0 fully saturated rings. The molecule has 4 heteroatoms. The highest BCUT2D eigenvalue weighted by Crippen LogP contribution is 2.37. The molecule has 0 aliphatic rings. The first-order valence-electron chi connectivity index (χ1n) is 6.03. The standard InChI is InChI=1S/C14H18N2OS/c1-4-10-5-6-13(17-3)11(7-10)14-12(8-15)16-9(2)18-14/h5-7H,4,8,15H2,1-3H3. The number of nitrogens with zero attached hydrogens (tertiary/aromatic N) is 1. The molecule has 96 valence electrons. The largest absolute Gasteiger partial charge is 0.496 e. The molecule has 18 heavy (non-hydrogen) atoms. The van der Waals surface area contributed by atoms with E-state index in [1.807, 2.05) is 13.0 Å². The molecule has 2 aromatic rings. The van der Waals surface area contributed by atoms with Crippen molar-refractivity contribution < 1.29 is 4.74 Å². The van der Waals surface area contributed by atoms with E-state index in [1.165, 1.54) is 5.56 Å². The zero-order valence-electron chi connectivity index (χ0n) is 11.0. The third-order valence-electron chi connectivity index (χ3n) is 2.91. The number of aromatic nitrogens is 1. The fourth-order valence-electron chi connectivity index (χ4n) is 1.97. The number of aryl methyl sites for hydroxylation is 2. The van der Waals surface area contributed by atoms with Gasteiger partial charge < -0.3 is 10.5 Å². The van der Waals surface area contributed by atoms with E-state index < -0.39 is 0 Å². The summed E-state index contributed by atoms with van der Waals surface area (Å²) in [5.74, 6) is 0.880. The van der Waals surface area contributed by atoms with Gasteiger partial charge in [-0.3, -0.25) is 0 Å². The van der Waals surface area contributed by atoms with Gasteiger partial charge in [0.25, 0.3) is 0 Å². The predicted octanol–water partition coefficient (Wildman–Crippen LogP) is 3.15. The van der Waals surface area contributed by atoms with Crippen LogP contribution in [0.3, 0.4) is 0 Å². The van der Waals surface area contributed by atoms with Gasteiger partial charge in [-0.1, -0.05) is 13.0 Å². The van der Waals surface area contributed by atoms with E-state index in [2.05, 4.69) is 24.0 Å². The Bertz CT molecular complexity index is 549. The number of benzene rings is 1. The molecule has 3 nitrogen and oxygen atoms in total. The van der Waals surface area contributed by atoms with Crippen LogP contribution in [0.4, 0.5) is 0 Å². The summed E-state index contributed by atoms with van der Waals surface area (Å²) in [6.07, 6.45) is 1.01. The van der Waals surface area contributed by atoms with Crippen LogP contribution in [-0.2, 0) is 13.0 Å². The monoisotopic (exact) mass is 262 g/mol. The van der Waals surface area contributed by atoms with Crippen LogP contribution >= 0.6 is 11.3 Å². The van der Waals surface area contributed by atoms with Crippen LogP contribution in [-0.4, -0.2) is 12.1 Å². The minimum atomic E-state index is 0.458. The molecule has 0 unspecified atom stereocenters. The molecule has 0 amide bonds. The van der Waals surface area contributed by atoms with Gasteiger partial charge in [0.2, 0.25) is 0 Å². The summed E-state index contributed by atoms with van der Waals surface area (Å²) in [6.45, 7) is 4.61. The maximum absolute atomic E-state index is 5.77. The Balaban J connectivity index is 2.60. The molecule has 0 aliphatic heterocycles. The van der Waals surface area contributed by atoms with Crippen molar-refractivity contribution in [3.05, 3.63) is 34.5 Å². The smallest absolute Gasteiger partial charge is 0.127 e. The SMILES string of the molecule is CCc1ccc(OC)c(-c2sc(C)nc2CN)c1.